The van der Waals surface area contributed by atoms with Crippen molar-refractivity contribution in [3.05, 3.63) is 34.1 Å². The molecule has 0 aliphatic rings. The maximum atomic E-state index is 12.4. The fourth-order valence-corrected chi connectivity index (χ4v) is 2.19. The lowest BCUT2D eigenvalue weighted by Gasteiger charge is -2.15. The van der Waals surface area contributed by atoms with Gasteiger partial charge in [0.25, 0.3) is 5.91 Å². The Morgan fingerprint density at radius 1 is 1.43 bits per heavy atom. The molecule has 1 heterocycles. The Kier molecular flexibility index (Phi) is 4.93. The Labute approximate surface area is 137 Å². The lowest BCUT2D eigenvalue weighted by atomic mass is 10.2. The van der Waals surface area contributed by atoms with E-state index in [0.717, 1.165) is 5.56 Å². The summed E-state index contributed by atoms with van der Waals surface area (Å²) in [4.78, 5) is 15.1. The minimum Gasteiger partial charge on any atom is -0.480 e. The zero-order valence-electron chi connectivity index (χ0n) is 12.0. The highest BCUT2D eigenvalue weighted by Crippen LogP contribution is 2.27. The Morgan fingerprint density at radius 2 is 2.13 bits per heavy atom. The average molecular weight is 393 g/mol. The summed E-state index contributed by atoms with van der Waals surface area (Å²) in [5.41, 5.74) is 1.00. The van der Waals surface area contributed by atoms with E-state index in [4.69, 9.17) is 4.74 Å². The molecule has 0 saturated heterocycles. The zero-order valence-corrected chi connectivity index (χ0v) is 13.6. The Morgan fingerprint density at radius 3 is 2.70 bits per heavy atom. The van der Waals surface area contributed by atoms with E-state index in [1.807, 2.05) is 13.0 Å². The molecule has 2 aromatic rings. The smallest absolute Gasteiger partial charge is 0.451 e. The third kappa shape index (κ3) is 4.44. The number of aromatic amines is 1. The minimum atomic E-state index is -4.66. The second kappa shape index (κ2) is 6.57. The summed E-state index contributed by atoms with van der Waals surface area (Å²) in [5.74, 6) is -2.00. The second-order valence-electron chi connectivity index (χ2n) is 4.69. The number of aromatic nitrogens is 3. The fourth-order valence-electron chi connectivity index (χ4n) is 1.60. The van der Waals surface area contributed by atoms with E-state index in [1.54, 1.807) is 17.2 Å². The Balaban J connectivity index is 2.01. The molecule has 0 spiro atoms. The Hall–Kier alpha value is -2.10. The first-order valence-electron chi connectivity index (χ1n) is 6.40. The van der Waals surface area contributed by atoms with Crippen LogP contribution in [-0.2, 0) is 11.0 Å². The molecule has 1 aromatic carbocycles. The van der Waals surface area contributed by atoms with Crippen LogP contribution in [0, 0.1) is 6.92 Å². The highest BCUT2D eigenvalue weighted by Gasteiger charge is 2.35. The van der Waals surface area contributed by atoms with Gasteiger partial charge in [0.05, 0.1) is 4.47 Å². The predicted molar refractivity (Wildman–Crippen MR) is 79.0 cm³/mol. The second-order valence-corrected chi connectivity index (χ2v) is 5.54. The third-order valence-corrected chi connectivity index (χ3v) is 3.37. The van der Waals surface area contributed by atoms with Crippen LogP contribution in [0.2, 0.25) is 0 Å². The number of carbonyl (C=O) groups is 1. The summed E-state index contributed by atoms with van der Waals surface area (Å²) in [6.45, 7) is 3.35. The van der Waals surface area contributed by atoms with Gasteiger partial charge >= 0.3 is 6.18 Å². The number of anilines is 1. The van der Waals surface area contributed by atoms with Crippen molar-refractivity contribution in [1.82, 2.24) is 15.2 Å². The number of aryl methyl sites for hydroxylation is 1. The maximum absolute atomic E-state index is 12.4. The molecule has 2 N–H and O–H groups in total. The van der Waals surface area contributed by atoms with Crippen molar-refractivity contribution in [2.24, 2.45) is 0 Å². The molecule has 0 radical (unpaired) electrons. The van der Waals surface area contributed by atoms with Gasteiger partial charge in [-0.2, -0.15) is 18.2 Å². The van der Waals surface area contributed by atoms with Crippen LogP contribution in [-0.4, -0.2) is 27.2 Å². The van der Waals surface area contributed by atoms with Crippen LogP contribution < -0.4 is 10.1 Å². The van der Waals surface area contributed by atoms with Gasteiger partial charge in [0.15, 0.2) is 6.10 Å². The van der Waals surface area contributed by atoms with Crippen molar-refractivity contribution in [3.8, 4) is 5.75 Å². The van der Waals surface area contributed by atoms with E-state index in [9.17, 15) is 18.0 Å². The van der Waals surface area contributed by atoms with E-state index in [-0.39, 0.29) is 0 Å². The van der Waals surface area contributed by atoms with Crippen molar-refractivity contribution in [3.63, 3.8) is 0 Å². The number of nitrogens with one attached hydrogen (secondary N) is 2. The fraction of sp³-hybridized carbons (Fsp3) is 0.308. The monoisotopic (exact) mass is 392 g/mol. The standard InChI is InChI=1S/C13H12BrF3N4O2/c1-6-3-4-9(8(14)5-6)23-7(2)10(22)18-12-19-11(20-21-12)13(15,16)17/h3-5,7H,1-2H3,(H2,18,19,20,21,22). The zero-order chi connectivity index (χ0) is 17.2. The molecule has 0 aliphatic carbocycles. The molecule has 0 fully saturated rings. The van der Waals surface area contributed by atoms with Crippen LogP contribution in [0.25, 0.3) is 0 Å². The number of hydrogen-bond donors (Lipinski definition) is 2. The molecule has 2 rings (SSSR count). The topological polar surface area (TPSA) is 79.9 Å². The largest absolute Gasteiger partial charge is 0.480 e. The number of amides is 1. The van der Waals surface area contributed by atoms with Crippen LogP contribution in [0.15, 0.2) is 22.7 Å². The molecule has 10 heteroatoms. The number of halogens is 4. The van der Waals surface area contributed by atoms with Gasteiger partial charge < -0.3 is 4.74 Å². The lowest BCUT2D eigenvalue weighted by molar-refractivity contribution is -0.144. The summed E-state index contributed by atoms with van der Waals surface area (Å²) in [6.07, 6.45) is -5.62. The first-order chi connectivity index (χ1) is 10.7. The van der Waals surface area contributed by atoms with Crippen LogP contribution in [0.3, 0.4) is 0 Å². The van der Waals surface area contributed by atoms with Crippen molar-refractivity contribution < 1.29 is 22.7 Å². The van der Waals surface area contributed by atoms with Crippen molar-refractivity contribution in [1.29, 1.82) is 0 Å². The van der Waals surface area contributed by atoms with Gasteiger partial charge in [0, 0.05) is 0 Å². The molecule has 1 amide bonds. The van der Waals surface area contributed by atoms with Gasteiger partial charge in [0.1, 0.15) is 5.75 Å². The highest BCUT2D eigenvalue weighted by molar-refractivity contribution is 9.10. The molecule has 0 aliphatic heterocycles. The first-order valence-corrected chi connectivity index (χ1v) is 7.19. The van der Waals surface area contributed by atoms with Crippen molar-refractivity contribution >= 4 is 27.8 Å². The van der Waals surface area contributed by atoms with Gasteiger partial charge in [0.2, 0.25) is 11.8 Å². The predicted octanol–water partition coefficient (Wildman–Crippen LogP) is 3.30. The number of H-pyrrole nitrogens is 1. The SMILES string of the molecule is Cc1ccc(OC(C)C(=O)Nc2n[nH]c(C(F)(F)F)n2)c(Br)c1. The summed E-state index contributed by atoms with van der Waals surface area (Å²) in [6, 6.07) is 5.29. The number of benzene rings is 1. The number of carbonyl (C=O) groups excluding carboxylic acids is 1. The van der Waals surface area contributed by atoms with E-state index in [1.165, 1.54) is 6.92 Å². The number of rotatable bonds is 4. The quantitative estimate of drug-likeness (QED) is 0.836. The van der Waals surface area contributed by atoms with E-state index >= 15 is 0 Å². The summed E-state index contributed by atoms with van der Waals surface area (Å²) in [7, 11) is 0. The van der Waals surface area contributed by atoms with E-state index in [0.29, 0.717) is 10.2 Å². The molecular formula is C13H12BrF3N4O2. The Bertz CT molecular complexity index is 717. The first kappa shape index (κ1) is 17.3. The number of ether oxygens (including phenoxy) is 1. The molecule has 1 atom stereocenters. The molecule has 0 bridgehead atoms. The molecule has 6 nitrogen and oxygen atoms in total. The number of hydrogen-bond acceptors (Lipinski definition) is 4. The van der Waals surface area contributed by atoms with E-state index < -0.39 is 30.0 Å². The van der Waals surface area contributed by atoms with Gasteiger partial charge in [-0.15, -0.1) is 5.10 Å². The summed E-state index contributed by atoms with van der Waals surface area (Å²) >= 11 is 3.31. The highest BCUT2D eigenvalue weighted by atomic mass is 79.9. The third-order valence-electron chi connectivity index (χ3n) is 2.75. The van der Waals surface area contributed by atoms with Crippen LogP contribution in [0.4, 0.5) is 19.1 Å². The molecule has 124 valence electrons. The van der Waals surface area contributed by atoms with Gasteiger partial charge in [-0.3, -0.25) is 15.2 Å². The van der Waals surface area contributed by atoms with Crippen molar-refractivity contribution in [2.75, 3.05) is 5.32 Å². The normalized spacial score (nSPS) is 12.8. The average Bonchev–Trinajstić information content (AvgIpc) is 2.90. The molecular weight excluding hydrogens is 381 g/mol. The molecule has 0 saturated carbocycles. The van der Waals surface area contributed by atoms with Gasteiger partial charge in [-0.25, -0.2) is 0 Å². The molecule has 1 unspecified atom stereocenters. The maximum Gasteiger partial charge on any atom is 0.451 e. The number of nitrogens with zero attached hydrogens (tertiary/aromatic N) is 2. The van der Waals surface area contributed by atoms with Gasteiger partial charge in [-0.1, -0.05) is 6.07 Å². The summed E-state index contributed by atoms with van der Waals surface area (Å²) in [5, 5.41) is 7.15. The number of alkyl halides is 3. The van der Waals surface area contributed by atoms with Crippen LogP contribution in [0.5, 0.6) is 5.75 Å². The molecule has 1 aromatic heterocycles. The molecule has 23 heavy (non-hydrogen) atoms. The van der Waals surface area contributed by atoms with Gasteiger partial charge in [-0.05, 0) is 47.5 Å². The van der Waals surface area contributed by atoms with Crippen LogP contribution in [0.1, 0.15) is 18.3 Å². The van der Waals surface area contributed by atoms with E-state index in [2.05, 4.69) is 31.3 Å². The van der Waals surface area contributed by atoms with Crippen molar-refractivity contribution in [2.45, 2.75) is 26.1 Å². The minimum absolute atomic E-state index is 0.434. The summed E-state index contributed by atoms with van der Waals surface area (Å²) < 4.78 is 43.3. The van der Waals surface area contributed by atoms with Crippen LogP contribution >= 0.6 is 15.9 Å². The lowest BCUT2D eigenvalue weighted by Crippen LogP contribution is -2.30.